The van der Waals surface area contributed by atoms with Gasteiger partial charge in [0.2, 0.25) is 5.96 Å². The number of hydrogen-bond donors (Lipinski definition) is 3. The number of guanidine groups is 1. The molecular formula is C20H23ClN6OS. The third-order valence-corrected chi connectivity index (χ3v) is 4.24. The minimum atomic E-state index is 0.353. The second kappa shape index (κ2) is 13.3. The summed E-state index contributed by atoms with van der Waals surface area (Å²) >= 11 is 11.0. The summed E-state index contributed by atoms with van der Waals surface area (Å²) < 4.78 is 5.52. The number of pyridine rings is 1. The summed E-state index contributed by atoms with van der Waals surface area (Å²) in [5.74, 6) is 0.431. The SMILES string of the molecule is N#CNC(=NCCCCCCOC(=S)Nc1ccc(Cl)cc1)Nc1ccncc1. The van der Waals surface area contributed by atoms with Gasteiger partial charge in [0.05, 0.1) is 6.61 Å². The number of hydrogen-bond acceptors (Lipinski definition) is 5. The molecule has 1 aromatic carbocycles. The smallest absolute Gasteiger partial charge is 0.261 e. The zero-order chi connectivity index (χ0) is 20.7. The molecule has 0 aliphatic rings. The van der Waals surface area contributed by atoms with Crippen LogP contribution >= 0.6 is 23.8 Å². The van der Waals surface area contributed by atoms with Gasteiger partial charge in [-0.3, -0.25) is 15.3 Å². The van der Waals surface area contributed by atoms with E-state index in [1.54, 1.807) is 36.7 Å². The van der Waals surface area contributed by atoms with E-state index in [1.807, 2.05) is 18.3 Å². The van der Waals surface area contributed by atoms with Gasteiger partial charge in [0, 0.05) is 35.3 Å². The number of unbranched alkanes of at least 4 members (excludes halogenated alkanes) is 3. The van der Waals surface area contributed by atoms with Gasteiger partial charge in [0.15, 0.2) is 6.19 Å². The van der Waals surface area contributed by atoms with E-state index in [1.165, 1.54) is 0 Å². The number of nitriles is 1. The average molecular weight is 431 g/mol. The molecule has 3 N–H and O–H groups in total. The molecule has 0 bridgehead atoms. The lowest BCUT2D eigenvalue weighted by molar-refractivity contribution is 0.299. The predicted octanol–water partition coefficient (Wildman–Crippen LogP) is 4.55. The highest BCUT2D eigenvalue weighted by atomic mass is 35.5. The molecule has 0 saturated heterocycles. The van der Waals surface area contributed by atoms with Crippen molar-refractivity contribution >= 4 is 46.3 Å². The Balaban J connectivity index is 1.56. The molecule has 2 aromatic rings. The van der Waals surface area contributed by atoms with Crippen LogP contribution in [0.3, 0.4) is 0 Å². The van der Waals surface area contributed by atoms with Gasteiger partial charge < -0.3 is 15.4 Å². The van der Waals surface area contributed by atoms with Gasteiger partial charge in [0.1, 0.15) is 0 Å². The highest BCUT2D eigenvalue weighted by Crippen LogP contribution is 2.13. The van der Waals surface area contributed by atoms with E-state index < -0.39 is 0 Å². The number of anilines is 2. The van der Waals surface area contributed by atoms with Crippen LogP contribution in [0.1, 0.15) is 25.7 Å². The third kappa shape index (κ3) is 9.74. The predicted molar refractivity (Wildman–Crippen MR) is 121 cm³/mol. The van der Waals surface area contributed by atoms with Crippen molar-refractivity contribution in [2.24, 2.45) is 4.99 Å². The molecule has 7 nitrogen and oxygen atoms in total. The standard InChI is InChI=1S/C20H23ClN6OS/c21-16-5-7-17(8-6-16)27-20(29)28-14-4-2-1-3-11-24-19(25-15-22)26-18-9-12-23-13-10-18/h5-10,12-13H,1-4,11,14H2,(H,27,29)(H2,23,24,25,26). The molecule has 0 atom stereocenters. The fraction of sp³-hybridized carbons (Fsp3) is 0.300. The van der Waals surface area contributed by atoms with Crippen molar-refractivity contribution in [1.82, 2.24) is 10.3 Å². The van der Waals surface area contributed by atoms with Crippen molar-refractivity contribution < 1.29 is 4.74 Å². The Labute approximate surface area is 181 Å². The highest BCUT2D eigenvalue weighted by molar-refractivity contribution is 7.80. The van der Waals surface area contributed by atoms with Gasteiger partial charge in [-0.15, -0.1) is 0 Å². The van der Waals surface area contributed by atoms with Crippen molar-refractivity contribution in [3.05, 3.63) is 53.8 Å². The first-order valence-corrected chi connectivity index (χ1v) is 10.0. The second-order valence-electron chi connectivity index (χ2n) is 6.01. The van der Waals surface area contributed by atoms with E-state index in [0.717, 1.165) is 37.1 Å². The Morgan fingerprint density at radius 1 is 1.03 bits per heavy atom. The van der Waals surface area contributed by atoms with Crippen LogP contribution < -0.4 is 16.0 Å². The Morgan fingerprint density at radius 3 is 2.45 bits per heavy atom. The quantitative estimate of drug-likeness (QED) is 0.134. The minimum Gasteiger partial charge on any atom is -0.471 e. The summed E-state index contributed by atoms with van der Waals surface area (Å²) in [4.78, 5) is 8.34. The van der Waals surface area contributed by atoms with Crippen molar-refractivity contribution in [3.63, 3.8) is 0 Å². The highest BCUT2D eigenvalue weighted by Gasteiger charge is 2.00. The van der Waals surface area contributed by atoms with E-state index >= 15 is 0 Å². The molecule has 0 aliphatic carbocycles. The van der Waals surface area contributed by atoms with Gasteiger partial charge in [-0.05, 0) is 67.9 Å². The molecule has 2 rings (SSSR count). The maximum Gasteiger partial charge on any atom is 0.261 e. The summed E-state index contributed by atoms with van der Waals surface area (Å²) in [6.45, 7) is 1.19. The maximum absolute atomic E-state index is 8.83. The molecule has 9 heteroatoms. The number of nitrogens with one attached hydrogen (secondary N) is 3. The first-order chi connectivity index (χ1) is 14.2. The lowest BCUT2D eigenvalue weighted by Crippen LogP contribution is -2.27. The van der Waals surface area contributed by atoms with Gasteiger partial charge in [-0.2, -0.15) is 5.26 Å². The zero-order valence-corrected chi connectivity index (χ0v) is 17.5. The van der Waals surface area contributed by atoms with E-state index in [2.05, 4.69) is 25.9 Å². The monoisotopic (exact) mass is 430 g/mol. The fourth-order valence-electron chi connectivity index (χ4n) is 2.35. The van der Waals surface area contributed by atoms with Crippen LogP contribution in [0.15, 0.2) is 53.8 Å². The molecule has 1 aromatic heterocycles. The summed E-state index contributed by atoms with van der Waals surface area (Å²) in [6.07, 6.45) is 9.08. The number of nitrogens with zero attached hydrogens (tertiary/aromatic N) is 3. The van der Waals surface area contributed by atoms with Gasteiger partial charge in [-0.25, -0.2) is 0 Å². The molecule has 0 aliphatic heterocycles. The van der Waals surface area contributed by atoms with Crippen LogP contribution in [0.5, 0.6) is 0 Å². The zero-order valence-electron chi connectivity index (χ0n) is 15.9. The molecule has 29 heavy (non-hydrogen) atoms. The summed E-state index contributed by atoms with van der Waals surface area (Å²) in [5.41, 5.74) is 1.67. The number of ether oxygens (including phenoxy) is 1. The number of rotatable bonds is 9. The molecule has 0 amide bonds. The van der Waals surface area contributed by atoms with Crippen molar-refractivity contribution in [2.45, 2.75) is 25.7 Å². The van der Waals surface area contributed by atoms with E-state index in [4.69, 9.17) is 33.8 Å². The van der Waals surface area contributed by atoms with Crippen LogP contribution in [0, 0.1) is 11.5 Å². The maximum atomic E-state index is 8.83. The number of halogens is 1. The van der Waals surface area contributed by atoms with Crippen LogP contribution in [0.25, 0.3) is 0 Å². The number of benzene rings is 1. The third-order valence-electron chi connectivity index (χ3n) is 3.76. The topological polar surface area (TPSA) is 94.4 Å². The molecule has 0 fully saturated rings. The first-order valence-electron chi connectivity index (χ1n) is 9.23. The number of aromatic nitrogens is 1. The van der Waals surface area contributed by atoms with Gasteiger partial charge in [-0.1, -0.05) is 18.0 Å². The van der Waals surface area contributed by atoms with E-state index in [0.29, 0.717) is 29.3 Å². The van der Waals surface area contributed by atoms with E-state index in [-0.39, 0.29) is 0 Å². The molecule has 1 heterocycles. The lowest BCUT2D eigenvalue weighted by Gasteiger charge is -2.10. The van der Waals surface area contributed by atoms with Crippen LogP contribution in [0.2, 0.25) is 5.02 Å². The number of thiocarbonyl (C=S) groups is 1. The molecule has 0 unspecified atom stereocenters. The first kappa shape index (κ1) is 22.4. The second-order valence-corrected chi connectivity index (χ2v) is 6.82. The van der Waals surface area contributed by atoms with E-state index in [9.17, 15) is 0 Å². The number of aliphatic imine (C=N–C) groups is 1. The molecule has 0 saturated carbocycles. The van der Waals surface area contributed by atoms with Crippen LogP contribution in [-0.4, -0.2) is 29.3 Å². The molecule has 0 spiro atoms. The average Bonchev–Trinajstić information content (AvgIpc) is 2.72. The largest absolute Gasteiger partial charge is 0.471 e. The summed E-state index contributed by atoms with van der Waals surface area (Å²) in [6, 6.07) is 10.9. The Bertz CT molecular complexity index is 823. The summed E-state index contributed by atoms with van der Waals surface area (Å²) in [5, 5.41) is 18.5. The molecule has 152 valence electrons. The lowest BCUT2D eigenvalue weighted by atomic mass is 10.2. The Hall–Kier alpha value is -2.89. The molecular weight excluding hydrogens is 408 g/mol. The van der Waals surface area contributed by atoms with Crippen molar-refractivity contribution in [2.75, 3.05) is 23.8 Å². The normalized spacial score (nSPS) is 10.7. The van der Waals surface area contributed by atoms with Crippen molar-refractivity contribution in [1.29, 1.82) is 5.26 Å². The Kier molecular flexibility index (Phi) is 10.3. The molecule has 0 radical (unpaired) electrons. The van der Waals surface area contributed by atoms with Gasteiger partial charge in [0.25, 0.3) is 5.17 Å². The van der Waals surface area contributed by atoms with Crippen LogP contribution in [0.4, 0.5) is 11.4 Å². The summed E-state index contributed by atoms with van der Waals surface area (Å²) in [7, 11) is 0. The van der Waals surface area contributed by atoms with Crippen LogP contribution in [-0.2, 0) is 4.74 Å². The van der Waals surface area contributed by atoms with Crippen molar-refractivity contribution in [3.8, 4) is 6.19 Å². The fourth-order valence-corrected chi connectivity index (χ4v) is 2.67. The minimum absolute atomic E-state index is 0.353. The van der Waals surface area contributed by atoms with Gasteiger partial charge >= 0.3 is 0 Å². The Morgan fingerprint density at radius 2 is 1.72 bits per heavy atom.